The second-order valence-electron chi connectivity index (χ2n) is 4.32. The molecule has 0 aromatic rings. The molecule has 0 N–H and O–H groups in total. The number of carbonyl (C=O) groups excluding carboxylic acids is 1. The SMILES string of the molecule is C=C(C)C(=O)CCCCN(C)CCCC. The number of rotatable bonds is 9. The lowest BCUT2D eigenvalue weighted by Gasteiger charge is -2.15. The third-order valence-electron chi connectivity index (χ3n) is 2.56. The predicted molar refractivity (Wildman–Crippen MR) is 66.1 cm³/mol. The molecule has 0 aliphatic heterocycles. The van der Waals surface area contributed by atoms with Gasteiger partial charge in [0.25, 0.3) is 0 Å². The molecule has 0 rings (SSSR count). The molecule has 0 saturated carbocycles. The van der Waals surface area contributed by atoms with Crippen LogP contribution in [0.15, 0.2) is 12.2 Å². The van der Waals surface area contributed by atoms with Gasteiger partial charge in [-0.3, -0.25) is 4.79 Å². The highest BCUT2D eigenvalue weighted by Crippen LogP contribution is 2.03. The van der Waals surface area contributed by atoms with Crippen LogP contribution in [0.4, 0.5) is 0 Å². The molecule has 0 aromatic heterocycles. The van der Waals surface area contributed by atoms with E-state index >= 15 is 0 Å². The van der Waals surface area contributed by atoms with E-state index < -0.39 is 0 Å². The van der Waals surface area contributed by atoms with Crippen LogP contribution in [0.5, 0.6) is 0 Å². The van der Waals surface area contributed by atoms with Crippen molar-refractivity contribution in [2.24, 2.45) is 0 Å². The predicted octanol–water partition coefficient (Wildman–Crippen LogP) is 3.03. The van der Waals surface area contributed by atoms with E-state index in [1.54, 1.807) is 6.92 Å². The van der Waals surface area contributed by atoms with Gasteiger partial charge in [0.05, 0.1) is 0 Å². The Hall–Kier alpha value is -0.630. The summed E-state index contributed by atoms with van der Waals surface area (Å²) >= 11 is 0. The van der Waals surface area contributed by atoms with Gasteiger partial charge in [-0.15, -0.1) is 0 Å². The van der Waals surface area contributed by atoms with E-state index in [0.29, 0.717) is 12.0 Å². The topological polar surface area (TPSA) is 20.3 Å². The zero-order valence-electron chi connectivity index (χ0n) is 10.5. The number of unbranched alkanes of at least 4 members (excludes halogenated alkanes) is 2. The second-order valence-corrected chi connectivity index (χ2v) is 4.32. The molecule has 0 heterocycles. The van der Waals surface area contributed by atoms with Crippen LogP contribution < -0.4 is 0 Å². The summed E-state index contributed by atoms with van der Waals surface area (Å²) in [6.07, 6.45) is 5.28. The van der Waals surface area contributed by atoms with E-state index in [9.17, 15) is 4.79 Å². The molecule has 0 spiro atoms. The quantitative estimate of drug-likeness (QED) is 0.431. The number of nitrogens with zero attached hydrogens (tertiary/aromatic N) is 1. The molecule has 0 saturated heterocycles. The molecule has 0 unspecified atom stereocenters. The van der Waals surface area contributed by atoms with Crippen LogP contribution >= 0.6 is 0 Å². The highest BCUT2D eigenvalue weighted by molar-refractivity contribution is 5.93. The molecule has 0 atom stereocenters. The maximum Gasteiger partial charge on any atom is 0.157 e. The summed E-state index contributed by atoms with van der Waals surface area (Å²) in [4.78, 5) is 13.6. The maximum atomic E-state index is 11.2. The van der Waals surface area contributed by atoms with Crippen molar-refractivity contribution in [2.45, 2.75) is 46.0 Å². The van der Waals surface area contributed by atoms with Crippen molar-refractivity contribution in [1.82, 2.24) is 4.90 Å². The second kappa shape index (κ2) is 8.66. The summed E-state index contributed by atoms with van der Waals surface area (Å²) in [5.41, 5.74) is 0.689. The summed E-state index contributed by atoms with van der Waals surface area (Å²) in [6, 6.07) is 0. The number of Topliss-reactive ketones (excluding diaryl/α,β-unsaturated/α-hetero) is 1. The van der Waals surface area contributed by atoms with Crippen molar-refractivity contribution in [3.8, 4) is 0 Å². The zero-order chi connectivity index (χ0) is 11.7. The Balaban J connectivity index is 3.37. The first-order valence-electron chi connectivity index (χ1n) is 5.95. The Morgan fingerprint density at radius 1 is 1.20 bits per heavy atom. The third kappa shape index (κ3) is 8.37. The van der Waals surface area contributed by atoms with Crippen molar-refractivity contribution in [3.63, 3.8) is 0 Å². The fraction of sp³-hybridized carbons (Fsp3) is 0.769. The number of allylic oxidation sites excluding steroid dienone is 1. The van der Waals surface area contributed by atoms with E-state index in [1.165, 1.54) is 19.4 Å². The van der Waals surface area contributed by atoms with Crippen LogP contribution in [-0.4, -0.2) is 30.8 Å². The van der Waals surface area contributed by atoms with E-state index in [4.69, 9.17) is 0 Å². The van der Waals surface area contributed by atoms with Gasteiger partial charge in [-0.2, -0.15) is 0 Å². The molecule has 15 heavy (non-hydrogen) atoms. The van der Waals surface area contributed by atoms with Gasteiger partial charge in [0.15, 0.2) is 5.78 Å². The summed E-state index contributed by atoms with van der Waals surface area (Å²) in [5, 5.41) is 0. The first-order valence-corrected chi connectivity index (χ1v) is 5.95. The molecule has 0 amide bonds. The Labute approximate surface area is 94.4 Å². The third-order valence-corrected chi connectivity index (χ3v) is 2.56. The summed E-state index contributed by atoms with van der Waals surface area (Å²) < 4.78 is 0. The first kappa shape index (κ1) is 14.4. The zero-order valence-corrected chi connectivity index (χ0v) is 10.5. The minimum atomic E-state index is 0.214. The normalized spacial score (nSPS) is 10.7. The summed E-state index contributed by atoms with van der Waals surface area (Å²) in [5.74, 6) is 0.214. The van der Waals surface area contributed by atoms with Gasteiger partial charge >= 0.3 is 0 Å². The van der Waals surface area contributed by atoms with Crippen molar-refractivity contribution in [3.05, 3.63) is 12.2 Å². The van der Waals surface area contributed by atoms with Crippen LogP contribution in [0.2, 0.25) is 0 Å². The fourth-order valence-electron chi connectivity index (χ4n) is 1.42. The monoisotopic (exact) mass is 211 g/mol. The van der Waals surface area contributed by atoms with Gasteiger partial charge in [-0.05, 0) is 51.9 Å². The molecular weight excluding hydrogens is 186 g/mol. The van der Waals surface area contributed by atoms with Crippen LogP contribution in [0.25, 0.3) is 0 Å². The molecule has 2 heteroatoms. The Bertz CT molecular complexity index is 199. The number of hydrogen-bond donors (Lipinski definition) is 0. The highest BCUT2D eigenvalue weighted by atomic mass is 16.1. The molecule has 2 nitrogen and oxygen atoms in total. The average Bonchev–Trinajstić information content (AvgIpc) is 2.20. The minimum Gasteiger partial charge on any atom is -0.306 e. The lowest BCUT2D eigenvalue weighted by atomic mass is 10.1. The van der Waals surface area contributed by atoms with Crippen LogP contribution in [-0.2, 0) is 4.79 Å². The average molecular weight is 211 g/mol. The van der Waals surface area contributed by atoms with Crippen molar-refractivity contribution < 1.29 is 4.79 Å². The highest BCUT2D eigenvalue weighted by Gasteiger charge is 2.02. The first-order chi connectivity index (χ1) is 7.07. The van der Waals surface area contributed by atoms with Gasteiger partial charge < -0.3 is 4.90 Å². The standard InChI is InChI=1S/C13H25NO/c1-5-6-10-14(4)11-8-7-9-13(15)12(2)3/h2,5-11H2,1,3-4H3. The lowest BCUT2D eigenvalue weighted by Crippen LogP contribution is -2.20. The van der Waals surface area contributed by atoms with Gasteiger partial charge in [0.1, 0.15) is 0 Å². The minimum absolute atomic E-state index is 0.214. The largest absolute Gasteiger partial charge is 0.306 e. The van der Waals surface area contributed by atoms with E-state index in [0.717, 1.165) is 19.4 Å². The van der Waals surface area contributed by atoms with Crippen LogP contribution in [0, 0.1) is 0 Å². The van der Waals surface area contributed by atoms with Crippen molar-refractivity contribution in [1.29, 1.82) is 0 Å². The fourth-order valence-corrected chi connectivity index (χ4v) is 1.42. The van der Waals surface area contributed by atoms with Crippen LogP contribution in [0.1, 0.15) is 46.0 Å². The van der Waals surface area contributed by atoms with Gasteiger partial charge in [-0.25, -0.2) is 0 Å². The lowest BCUT2D eigenvalue weighted by molar-refractivity contribution is -0.115. The molecule has 0 aliphatic rings. The van der Waals surface area contributed by atoms with E-state index in [1.807, 2.05) is 0 Å². The van der Waals surface area contributed by atoms with Crippen LogP contribution in [0.3, 0.4) is 0 Å². The summed E-state index contributed by atoms with van der Waals surface area (Å²) in [7, 11) is 2.15. The number of hydrogen-bond acceptors (Lipinski definition) is 2. The molecule has 0 aromatic carbocycles. The van der Waals surface area contributed by atoms with Gasteiger partial charge in [0.2, 0.25) is 0 Å². The molecule has 88 valence electrons. The van der Waals surface area contributed by atoms with E-state index in [2.05, 4.69) is 25.5 Å². The number of carbonyl (C=O) groups is 1. The Kier molecular flexibility index (Phi) is 8.30. The van der Waals surface area contributed by atoms with Gasteiger partial charge in [0, 0.05) is 6.42 Å². The summed E-state index contributed by atoms with van der Waals surface area (Å²) in [6.45, 7) is 9.92. The molecule has 0 aliphatic carbocycles. The molecular formula is C13H25NO. The maximum absolute atomic E-state index is 11.2. The number of ketones is 1. The van der Waals surface area contributed by atoms with Crippen molar-refractivity contribution in [2.75, 3.05) is 20.1 Å². The molecule has 0 bridgehead atoms. The van der Waals surface area contributed by atoms with Gasteiger partial charge in [-0.1, -0.05) is 19.9 Å². The molecule has 0 radical (unpaired) electrons. The molecule has 0 fully saturated rings. The smallest absolute Gasteiger partial charge is 0.157 e. The van der Waals surface area contributed by atoms with Crippen molar-refractivity contribution >= 4 is 5.78 Å². The Morgan fingerprint density at radius 3 is 2.33 bits per heavy atom. The Morgan fingerprint density at radius 2 is 1.80 bits per heavy atom. The van der Waals surface area contributed by atoms with E-state index in [-0.39, 0.29) is 5.78 Å².